The van der Waals surface area contributed by atoms with E-state index in [1.54, 1.807) is 35.2 Å². The van der Waals surface area contributed by atoms with Crippen LogP contribution in [0.3, 0.4) is 0 Å². The molecular weight excluding hydrogens is 545 g/mol. The standard InChI is InChI=1S/C28H28Cl3N5O2/c1-28(2,3)27-35-34-25(38-27)24-22(23(32-33-24)16-9-11-17(29)12-10-16)26(37)36(19-7-5-4-6-8-19)21-14-13-18(30)15-20(21)31/h9-15,19H,4-8H2,1-3H3,(H,32,33). The van der Waals surface area contributed by atoms with E-state index >= 15 is 0 Å². The Kier molecular flexibility index (Phi) is 7.54. The first-order chi connectivity index (χ1) is 18.1. The third kappa shape index (κ3) is 5.33. The quantitative estimate of drug-likeness (QED) is 0.259. The summed E-state index contributed by atoms with van der Waals surface area (Å²) in [4.78, 5) is 16.4. The molecule has 0 bridgehead atoms. The maximum Gasteiger partial charge on any atom is 0.266 e. The number of nitrogens with zero attached hydrogens (tertiary/aromatic N) is 4. The van der Waals surface area contributed by atoms with Crippen molar-refractivity contribution in [2.45, 2.75) is 64.3 Å². The van der Waals surface area contributed by atoms with Gasteiger partial charge in [-0.25, -0.2) is 0 Å². The highest BCUT2D eigenvalue weighted by atomic mass is 35.5. The highest BCUT2D eigenvalue weighted by Crippen LogP contribution is 2.39. The molecule has 2 heterocycles. The Bertz CT molecular complexity index is 1450. The number of aromatic nitrogens is 4. The van der Waals surface area contributed by atoms with E-state index < -0.39 is 0 Å². The van der Waals surface area contributed by atoms with Gasteiger partial charge in [-0.1, -0.05) is 87.0 Å². The summed E-state index contributed by atoms with van der Waals surface area (Å²) in [5.41, 5.74) is 2.11. The van der Waals surface area contributed by atoms with Gasteiger partial charge < -0.3 is 9.32 Å². The van der Waals surface area contributed by atoms with Gasteiger partial charge in [0.2, 0.25) is 5.89 Å². The van der Waals surface area contributed by atoms with Gasteiger partial charge in [0, 0.05) is 27.1 Å². The summed E-state index contributed by atoms with van der Waals surface area (Å²) in [7, 11) is 0. The number of H-pyrrole nitrogens is 1. The lowest BCUT2D eigenvalue weighted by Crippen LogP contribution is -2.42. The predicted octanol–water partition coefficient (Wildman–Crippen LogP) is 8.36. The molecule has 4 aromatic rings. The van der Waals surface area contributed by atoms with Gasteiger partial charge in [-0.3, -0.25) is 9.89 Å². The second-order valence-electron chi connectivity index (χ2n) is 10.6. The van der Waals surface area contributed by atoms with Crippen LogP contribution in [0.5, 0.6) is 0 Å². The molecule has 1 saturated carbocycles. The molecule has 38 heavy (non-hydrogen) atoms. The molecule has 1 amide bonds. The minimum Gasteiger partial charge on any atom is -0.419 e. The molecule has 7 nitrogen and oxygen atoms in total. The highest BCUT2D eigenvalue weighted by Gasteiger charge is 2.35. The Morgan fingerprint density at radius 3 is 2.29 bits per heavy atom. The average Bonchev–Trinajstić information content (AvgIpc) is 3.54. The third-order valence-electron chi connectivity index (χ3n) is 6.71. The van der Waals surface area contributed by atoms with E-state index in [9.17, 15) is 4.79 Å². The van der Waals surface area contributed by atoms with Crippen LogP contribution < -0.4 is 4.90 Å². The molecule has 1 aliphatic carbocycles. The summed E-state index contributed by atoms with van der Waals surface area (Å²) in [6, 6.07) is 12.3. The molecule has 1 N–H and O–H groups in total. The number of rotatable bonds is 5. The van der Waals surface area contributed by atoms with Crippen molar-refractivity contribution in [1.29, 1.82) is 0 Å². The molecule has 0 spiro atoms. The maximum absolute atomic E-state index is 14.7. The van der Waals surface area contributed by atoms with E-state index in [0.717, 1.165) is 37.7 Å². The molecule has 0 atom stereocenters. The first kappa shape index (κ1) is 26.7. The minimum atomic E-state index is -0.362. The molecule has 1 aliphatic rings. The van der Waals surface area contributed by atoms with Gasteiger partial charge in [0.05, 0.1) is 16.3 Å². The second-order valence-corrected chi connectivity index (χ2v) is 11.8. The fourth-order valence-electron chi connectivity index (χ4n) is 4.76. The van der Waals surface area contributed by atoms with Crippen LogP contribution in [0.25, 0.3) is 22.8 Å². The van der Waals surface area contributed by atoms with Crippen molar-refractivity contribution in [2.75, 3.05) is 4.90 Å². The third-order valence-corrected chi connectivity index (χ3v) is 7.50. The normalized spacial score (nSPS) is 14.6. The number of anilines is 1. The Labute approximate surface area is 236 Å². The van der Waals surface area contributed by atoms with Gasteiger partial charge in [-0.15, -0.1) is 10.2 Å². The molecule has 0 unspecified atom stereocenters. The number of halogens is 3. The minimum absolute atomic E-state index is 0.0384. The summed E-state index contributed by atoms with van der Waals surface area (Å²) < 4.78 is 6.03. The zero-order chi connectivity index (χ0) is 27.0. The van der Waals surface area contributed by atoms with Crippen molar-refractivity contribution in [3.05, 3.63) is 69.0 Å². The monoisotopic (exact) mass is 571 g/mol. The smallest absolute Gasteiger partial charge is 0.266 e. The first-order valence-corrected chi connectivity index (χ1v) is 13.7. The number of hydrogen-bond donors (Lipinski definition) is 1. The van der Waals surface area contributed by atoms with Gasteiger partial charge in [-0.2, -0.15) is 5.10 Å². The fourth-order valence-corrected chi connectivity index (χ4v) is 5.38. The Balaban J connectivity index is 1.69. The van der Waals surface area contributed by atoms with E-state index in [2.05, 4.69) is 20.4 Å². The largest absolute Gasteiger partial charge is 0.419 e. The molecule has 5 rings (SSSR count). The predicted molar refractivity (Wildman–Crippen MR) is 151 cm³/mol. The lowest BCUT2D eigenvalue weighted by Gasteiger charge is -2.35. The van der Waals surface area contributed by atoms with Gasteiger partial charge in [-0.05, 0) is 43.2 Å². The van der Waals surface area contributed by atoms with Crippen LogP contribution in [-0.2, 0) is 5.41 Å². The van der Waals surface area contributed by atoms with E-state index in [1.807, 2.05) is 32.9 Å². The Hall–Kier alpha value is -2.87. The molecule has 0 radical (unpaired) electrons. The van der Waals surface area contributed by atoms with E-state index in [-0.39, 0.29) is 23.3 Å². The van der Waals surface area contributed by atoms with Crippen molar-refractivity contribution in [1.82, 2.24) is 20.4 Å². The summed E-state index contributed by atoms with van der Waals surface area (Å²) in [5.74, 6) is 0.389. The number of benzene rings is 2. The van der Waals surface area contributed by atoms with Crippen LogP contribution in [-0.4, -0.2) is 32.3 Å². The van der Waals surface area contributed by atoms with Crippen LogP contribution in [0.15, 0.2) is 46.9 Å². The van der Waals surface area contributed by atoms with E-state index in [4.69, 9.17) is 39.2 Å². The second kappa shape index (κ2) is 10.7. The number of carbonyl (C=O) groups excluding carboxylic acids is 1. The summed E-state index contributed by atoms with van der Waals surface area (Å²) in [5, 5.41) is 17.5. The topological polar surface area (TPSA) is 87.9 Å². The summed E-state index contributed by atoms with van der Waals surface area (Å²) in [6.07, 6.45) is 4.92. The van der Waals surface area contributed by atoms with Crippen LogP contribution in [0, 0.1) is 0 Å². The van der Waals surface area contributed by atoms with Crippen LogP contribution in [0.2, 0.25) is 15.1 Å². The van der Waals surface area contributed by atoms with Crippen molar-refractivity contribution in [3.8, 4) is 22.8 Å². The average molecular weight is 573 g/mol. The number of carbonyl (C=O) groups is 1. The molecule has 198 valence electrons. The summed E-state index contributed by atoms with van der Waals surface area (Å²) >= 11 is 19.0. The van der Waals surface area contributed by atoms with Crippen LogP contribution in [0.4, 0.5) is 5.69 Å². The van der Waals surface area contributed by atoms with Gasteiger partial charge in [0.1, 0.15) is 11.4 Å². The van der Waals surface area contributed by atoms with Gasteiger partial charge in [0.15, 0.2) is 0 Å². The molecular formula is C28H28Cl3N5O2. The van der Waals surface area contributed by atoms with E-state index in [1.165, 1.54) is 0 Å². The molecule has 0 aliphatic heterocycles. The Morgan fingerprint density at radius 1 is 0.974 bits per heavy atom. The van der Waals surface area contributed by atoms with Crippen molar-refractivity contribution in [2.24, 2.45) is 0 Å². The fraction of sp³-hybridized carbons (Fsp3) is 0.357. The molecule has 10 heteroatoms. The summed E-state index contributed by atoms with van der Waals surface area (Å²) in [6.45, 7) is 5.95. The van der Waals surface area contributed by atoms with Crippen molar-refractivity contribution < 1.29 is 9.21 Å². The van der Waals surface area contributed by atoms with Crippen molar-refractivity contribution >= 4 is 46.4 Å². The zero-order valence-corrected chi connectivity index (χ0v) is 23.7. The van der Waals surface area contributed by atoms with Crippen LogP contribution in [0.1, 0.15) is 69.1 Å². The molecule has 2 aromatic carbocycles. The Morgan fingerprint density at radius 2 is 1.66 bits per heavy atom. The van der Waals surface area contributed by atoms with Gasteiger partial charge in [0.25, 0.3) is 11.8 Å². The SMILES string of the molecule is CC(C)(C)c1nnc(-c2[nH]nc(-c3ccc(Cl)cc3)c2C(=O)N(c2ccc(Cl)cc2Cl)C2CCCCC2)o1. The number of hydrogen-bond acceptors (Lipinski definition) is 5. The van der Waals surface area contributed by atoms with Gasteiger partial charge >= 0.3 is 0 Å². The lowest BCUT2D eigenvalue weighted by molar-refractivity contribution is 0.0971. The first-order valence-electron chi connectivity index (χ1n) is 12.6. The molecule has 2 aromatic heterocycles. The number of nitrogens with one attached hydrogen (secondary N) is 1. The highest BCUT2D eigenvalue weighted by molar-refractivity contribution is 6.37. The molecule has 0 saturated heterocycles. The number of amides is 1. The van der Waals surface area contributed by atoms with E-state index in [0.29, 0.717) is 43.6 Å². The van der Waals surface area contributed by atoms with Crippen molar-refractivity contribution in [3.63, 3.8) is 0 Å². The van der Waals surface area contributed by atoms with Crippen LogP contribution >= 0.6 is 34.8 Å². The molecule has 1 fully saturated rings. The zero-order valence-electron chi connectivity index (χ0n) is 21.4. The number of aromatic amines is 1. The lowest BCUT2D eigenvalue weighted by atomic mass is 9.92. The maximum atomic E-state index is 14.7.